The van der Waals surface area contributed by atoms with Crippen LogP contribution in [0.1, 0.15) is 25.3 Å². The van der Waals surface area contributed by atoms with Crippen LogP contribution >= 0.6 is 11.6 Å². The van der Waals surface area contributed by atoms with Gasteiger partial charge in [0.25, 0.3) is 0 Å². The van der Waals surface area contributed by atoms with Gasteiger partial charge in [0.15, 0.2) is 0 Å². The predicted octanol–water partition coefficient (Wildman–Crippen LogP) is 1.91. The van der Waals surface area contributed by atoms with Crippen LogP contribution < -0.4 is 10.6 Å². The highest BCUT2D eigenvalue weighted by molar-refractivity contribution is 6.35. The lowest BCUT2D eigenvalue weighted by atomic mass is 10.1. The Kier molecular flexibility index (Phi) is 6.97. The number of halogens is 1. The monoisotopic (exact) mass is 282 g/mol. The van der Waals surface area contributed by atoms with E-state index in [9.17, 15) is 9.59 Å². The number of unbranched alkanes of at least 4 members (excludes halogenated alkanes) is 1. The minimum absolute atomic E-state index is 0.432. The molecule has 5 heteroatoms. The van der Waals surface area contributed by atoms with Crippen LogP contribution in [0.25, 0.3) is 0 Å². The summed E-state index contributed by atoms with van der Waals surface area (Å²) in [6, 6.07) is 7.40. The molecule has 0 heterocycles. The van der Waals surface area contributed by atoms with Crippen molar-refractivity contribution in [1.82, 2.24) is 10.6 Å². The van der Waals surface area contributed by atoms with Gasteiger partial charge in [-0.3, -0.25) is 9.59 Å². The maximum atomic E-state index is 11.4. The topological polar surface area (TPSA) is 58.2 Å². The largest absolute Gasteiger partial charge is 0.348 e. The van der Waals surface area contributed by atoms with Crippen LogP contribution in [0.4, 0.5) is 0 Å². The smallest absolute Gasteiger partial charge is 0.309 e. The van der Waals surface area contributed by atoms with Gasteiger partial charge >= 0.3 is 11.8 Å². The van der Waals surface area contributed by atoms with Gasteiger partial charge in [-0.1, -0.05) is 37.1 Å². The van der Waals surface area contributed by atoms with Crippen LogP contribution in [0, 0.1) is 0 Å². The third kappa shape index (κ3) is 6.25. The molecule has 1 aromatic carbocycles. The first-order valence-corrected chi connectivity index (χ1v) is 6.81. The molecule has 0 atom stereocenters. The van der Waals surface area contributed by atoms with E-state index in [1.54, 1.807) is 12.1 Å². The molecule has 2 amide bonds. The van der Waals surface area contributed by atoms with Crippen molar-refractivity contribution in [2.24, 2.45) is 0 Å². The van der Waals surface area contributed by atoms with Crippen molar-refractivity contribution >= 4 is 23.4 Å². The van der Waals surface area contributed by atoms with Crippen LogP contribution in [0.2, 0.25) is 5.02 Å². The van der Waals surface area contributed by atoms with Gasteiger partial charge in [0.1, 0.15) is 0 Å². The summed E-state index contributed by atoms with van der Waals surface area (Å²) in [7, 11) is 0. The number of carbonyl (C=O) groups is 2. The number of hydrogen-bond donors (Lipinski definition) is 2. The van der Waals surface area contributed by atoms with Gasteiger partial charge in [0, 0.05) is 18.1 Å². The Balaban J connectivity index is 2.23. The van der Waals surface area contributed by atoms with Gasteiger partial charge in [0.2, 0.25) is 0 Å². The van der Waals surface area contributed by atoms with E-state index in [4.69, 9.17) is 11.6 Å². The molecule has 0 unspecified atom stereocenters. The minimum Gasteiger partial charge on any atom is -0.348 e. The number of nitrogens with one attached hydrogen (secondary N) is 2. The van der Waals surface area contributed by atoms with Crippen molar-refractivity contribution in [2.45, 2.75) is 26.2 Å². The number of carbonyl (C=O) groups excluding carboxylic acids is 2. The van der Waals surface area contributed by atoms with E-state index in [2.05, 4.69) is 10.6 Å². The second-order valence-corrected chi connectivity index (χ2v) is 4.68. The highest BCUT2D eigenvalue weighted by atomic mass is 35.5. The Hall–Kier alpha value is -1.55. The summed E-state index contributed by atoms with van der Waals surface area (Å²) in [6.45, 7) is 3.00. The Morgan fingerprint density at radius 3 is 2.21 bits per heavy atom. The van der Waals surface area contributed by atoms with Crippen LogP contribution in [0.3, 0.4) is 0 Å². The maximum Gasteiger partial charge on any atom is 0.309 e. The predicted molar refractivity (Wildman–Crippen MR) is 76.1 cm³/mol. The molecule has 0 aliphatic carbocycles. The van der Waals surface area contributed by atoms with Crippen molar-refractivity contribution in [3.63, 3.8) is 0 Å². The summed E-state index contributed by atoms with van der Waals surface area (Å²) < 4.78 is 0. The fraction of sp³-hybridized carbons (Fsp3) is 0.429. The van der Waals surface area contributed by atoms with E-state index in [-0.39, 0.29) is 0 Å². The molecule has 0 saturated heterocycles. The molecule has 0 bridgehead atoms. The van der Waals surface area contributed by atoms with Gasteiger partial charge < -0.3 is 10.6 Å². The van der Waals surface area contributed by atoms with E-state index < -0.39 is 11.8 Å². The molecule has 0 aliphatic rings. The molecule has 0 spiro atoms. The van der Waals surface area contributed by atoms with Crippen molar-refractivity contribution in [3.8, 4) is 0 Å². The van der Waals surface area contributed by atoms with Gasteiger partial charge in [-0.05, 0) is 30.5 Å². The molecule has 0 radical (unpaired) electrons. The first-order chi connectivity index (χ1) is 9.13. The molecule has 4 nitrogen and oxygen atoms in total. The molecule has 104 valence electrons. The number of hydrogen-bond acceptors (Lipinski definition) is 2. The third-order valence-corrected chi connectivity index (χ3v) is 2.89. The molecule has 0 saturated carbocycles. The molecular formula is C14H19ClN2O2. The lowest BCUT2D eigenvalue weighted by molar-refractivity contribution is -0.139. The quantitative estimate of drug-likeness (QED) is 0.619. The van der Waals surface area contributed by atoms with E-state index in [0.717, 1.165) is 18.4 Å². The van der Waals surface area contributed by atoms with Crippen LogP contribution in [0.5, 0.6) is 0 Å². The fourth-order valence-electron chi connectivity index (χ4n) is 1.51. The van der Waals surface area contributed by atoms with Crippen molar-refractivity contribution in [2.75, 3.05) is 13.1 Å². The Morgan fingerprint density at radius 1 is 1.05 bits per heavy atom. The molecule has 0 aromatic heterocycles. The van der Waals surface area contributed by atoms with E-state index in [0.29, 0.717) is 24.5 Å². The fourth-order valence-corrected chi connectivity index (χ4v) is 1.64. The SMILES string of the molecule is CCCCNC(=O)C(=O)NCCc1ccc(Cl)cc1. The average molecular weight is 283 g/mol. The Morgan fingerprint density at radius 2 is 1.63 bits per heavy atom. The summed E-state index contributed by atoms with van der Waals surface area (Å²) in [4.78, 5) is 22.8. The Bertz CT molecular complexity index is 418. The average Bonchev–Trinajstić information content (AvgIpc) is 2.41. The first kappa shape index (κ1) is 15.5. The van der Waals surface area contributed by atoms with Crippen LogP contribution in [-0.4, -0.2) is 24.9 Å². The lowest BCUT2D eigenvalue weighted by Gasteiger charge is -2.06. The highest BCUT2D eigenvalue weighted by Gasteiger charge is 2.11. The van der Waals surface area contributed by atoms with Crippen LogP contribution in [0.15, 0.2) is 24.3 Å². The lowest BCUT2D eigenvalue weighted by Crippen LogP contribution is -2.40. The van der Waals surface area contributed by atoms with E-state index >= 15 is 0 Å². The van der Waals surface area contributed by atoms with Gasteiger partial charge in [-0.25, -0.2) is 0 Å². The summed E-state index contributed by atoms with van der Waals surface area (Å²) in [5, 5.41) is 5.84. The molecule has 19 heavy (non-hydrogen) atoms. The Labute approximate surface area is 118 Å². The van der Waals surface area contributed by atoms with E-state index in [1.165, 1.54) is 0 Å². The minimum atomic E-state index is -0.579. The zero-order valence-electron chi connectivity index (χ0n) is 11.0. The highest BCUT2D eigenvalue weighted by Crippen LogP contribution is 2.09. The summed E-state index contributed by atoms with van der Waals surface area (Å²) >= 11 is 5.78. The van der Waals surface area contributed by atoms with Crippen molar-refractivity contribution in [3.05, 3.63) is 34.9 Å². The van der Waals surface area contributed by atoms with Crippen LogP contribution in [-0.2, 0) is 16.0 Å². The molecule has 0 aliphatic heterocycles. The zero-order chi connectivity index (χ0) is 14.1. The molecular weight excluding hydrogens is 264 g/mol. The summed E-state index contributed by atoms with van der Waals surface area (Å²) in [5.74, 6) is -1.14. The second-order valence-electron chi connectivity index (χ2n) is 4.24. The third-order valence-electron chi connectivity index (χ3n) is 2.63. The van der Waals surface area contributed by atoms with Gasteiger partial charge in [-0.15, -0.1) is 0 Å². The maximum absolute atomic E-state index is 11.4. The molecule has 1 aromatic rings. The molecule has 2 N–H and O–H groups in total. The standard InChI is InChI=1S/C14H19ClN2O2/c1-2-3-9-16-13(18)14(19)17-10-8-11-4-6-12(15)7-5-11/h4-7H,2-3,8-10H2,1H3,(H,16,18)(H,17,19). The van der Waals surface area contributed by atoms with Crippen molar-refractivity contribution < 1.29 is 9.59 Å². The van der Waals surface area contributed by atoms with Gasteiger partial charge in [0.05, 0.1) is 0 Å². The summed E-state index contributed by atoms with van der Waals surface area (Å²) in [6.07, 6.45) is 2.54. The number of benzene rings is 1. The number of rotatable bonds is 6. The van der Waals surface area contributed by atoms with Gasteiger partial charge in [-0.2, -0.15) is 0 Å². The summed E-state index contributed by atoms with van der Waals surface area (Å²) in [5.41, 5.74) is 1.07. The first-order valence-electron chi connectivity index (χ1n) is 6.44. The zero-order valence-corrected chi connectivity index (χ0v) is 11.8. The normalized spacial score (nSPS) is 10.0. The second kappa shape index (κ2) is 8.53. The number of amides is 2. The molecule has 1 rings (SSSR count). The van der Waals surface area contributed by atoms with Crippen molar-refractivity contribution in [1.29, 1.82) is 0 Å². The van der Waals surface area contributed by atoms with E-state index in [1.807, 2.05) is 19.1 Å². The molecule has 0 fully saturated rings.